The van der Waals surface area contributed by atoms with E-state index >= 15 is 0 Å². The van der Waals surface area contributed by atoms with E-state index in [1.165, 1.54) is 0 Å². The first-order valence-electron chi connectivity index (χ1n) is 8.42. The lowest BCUT2D eigenvalue weighted by Crippen LogP contribution is -2.24. The molecule has 0 saturated heterocycles. The molecule has 0 fully saturated rings. The quantitative estimate of drug-likeness (QED) is 0.752. The average Bonchev–Trinajstić information content (AvgIpc) is 3.15. The molecule has 2 aromatic heterocycles. The standard InChI is InChI=1S/C19H23N5O/c1-14-9-11-21-23(14)12-10-19(25)20-13-18-15(2)22-24(16(18)3)17-7-5-4-6-8-17/h4-9,11H,10,12-13H2,1-3H3,(H,20,25). The maximum atomic E-state index is 12.1. The molecular formula is C19H23N5O. The van der Waals surface area contributed by atoms with Crippen LogP contribution in [-0.2, 0) is 17.9 Å². The zero-order valence-corrected chi connectivity index (χ0v) is 14.9. The number of amides is 1. The molecule has 2 heterocycles. The number of carbonyl (C=O) groups excluding carboxylic acids is 1. The van der Waals surface area contributed by atoms with Gasteiger partial charge in [0.2, 0.25) is 5.91 Å². The maximum Gasteiger partial charge on any atom is 0.222 e. The molecule has 0 radical (unpaired) electrons. The summed E-state index contributed by atoms with van der Waals surface area (Å²) in [5.74, 6) is 0.0150. The van der Waals surface area contributed by atoms with Crippen molar-refractivity contribution in [3.63, 3.8) is 0 Å². The van der Waals surface area contributed by atoms with Gasteiger partial charge in [0.05, 0.1) is 11.4 Å². The Hall–Kier alpha value is -2.89. The van der Waals surface area contributed by atoms with Gasteiger partial charge >= 0.3 is 0 Å². The number of hydrogen-bond acceptors (Lipinski definition) is 3. The molecule has 1 amide bonds. The lowest BCUT2D eigenvalue weighted by Gasteiger charge is -2.08. The monoisotopic (exact) mass is 337 g/mol. The fourth-order valence-corrected chi connectivity index (χ4v) is 2.87. The summed E-state index contributed by atoms with van der Waals surface area (Å²) in [6.45, 7) is 7.06. The van der Waals surface area contributed by atoms with Gasteiger partial charge in [0.25, 0.3) is 0 Å². The van der Waals surface area contributed by atoms with E-state index in [4.69, 9.17) is 0 Å². The van der Waals surface area contributed by atoms with Gasteiger partial charge in [0, 0.05) is 42.7 Å². The van der Waals surface area contributed by atoms with Gasteiger partial charge in [-0.15, -0.1) is 0 Å². The van der Waals surface area contributed by atoms with Crippen molar-refractivity contribution in [1.29, 1.82) is 0 Å². The SMILES string of the molecule is Cc1nn(-c2ccccc2)c(C)c1CNC(=O)CCn1nccc1C. The molecular weight excluding hydrogens is 314 g/mol. The molecule has 130 valence electrons. The molecule has 0 unspecified atom stereocenters. The summed E-state index contributed by atoms with van der Waals surface area (Å²) in [6.07, 6.45) is 2.16. The summed E-state index contributed by atoms with van der Waals surface area (Å²) in [7, 11) is 0. The second-order valence-electron chi connectivity index (χ2n) is 6.12. The number of carbonyl (C=O) groups is 1. The third kappa shape index (κ3) is 3.79. The maximum absolute atomic E-state index is 12.1. The van der Waals surface area contributed by atoms with Crippen LogP contribution in [0.5, 0.6) is 0 Å². The van der Waals surface area contributed by atoms with E-state index in [9.17, 15) is 4.79 Å². The molecule has 0 aliphatic rings. The fraction of sp³-hybridized carbons (Fsp3) is 0.316. The van der Waals surface area contributed by atoms with E-state index in [2.05, 4.69) is 15.5 Å². The zero-order chi connectivity index (χ0) is 17.8. The first-order chi connectivity index (χ1) is 12.1. The summed E-state index contributed by atoms with van der Waals surface area (Å²) < 4.78 is 3.76. The van der Waals surface area contributed by atoms with Crippen LogP contribution < -0.4 is 5.32 Å². The number of nitrogens with zero attached hydrogens (tertiary/aromatic N) is 4. The topological polar surface area (TPSA) is 64.7 Å². The number of benzene rings is 1. The number of rotatable bonds is 6. The van der Waals surface area contributed by atoms with Gasteiger partial charge in [0.15, 0.2) is 0 Å². The molecule has 0 atom stereocenters. The summed E-state index contributed by atoms with van der Waals surface area (Å²) in [6, 6.07) is 11.9. The number of para-hydroxylation sites is 1. The number of nitrogens with one attached hydrogen (secondary N) is 1. The molecule has 6 heteroatoms. The predicted molar refractivity (Wildman–Crippen MR) is 96.5 cm³/mol. The smallest absolute Gasteiger partial charge is 0.222 e. The van der Waals surface area contributed by atoms with Crippen molar-refractivity contribution in [3.05, 3.63) is 65.2 Å². The number of aromatic nitrogens is 4. The first kappa shape index (κ1) is 17.0. The molecule has 0 spiro atoms. The highest BCUT2D eigenvalue weighted by Gasteiger charge is 2.13. The van der Waals surface area contributed by atoms with E-state index in [0.717, 1.165) is 28.3 Å². The predicted octanol–water partition coefficient (Wildman–Crippen LogP) is 2.70. The van der Waals surface area contributed by atoms with Gasteiger partial charge in [-0.1, -0.05) is 18.2 Å². The molecule has 1 aromatic carbocycles. The van der Waals surface area contributed by atoms with Gasteiger partial charge in [-0.2, -0.15) is 10.2 Å². The molecule has 0 aliphatic carbocycles. The fourth-order valence-electron chi connectivity index (χ4n) is 2.87. The number of hydrogen-bond donors (Lipinski definition) is 1. The summed E-state index contributed by atoms with van der Waals surface area (Å²) in [5, 5.41) is 11.8. The second-order valence-corrected chi connectivity index (χ2v) is 6.12. The van der Waals surface area contributed by atoms with E-state index in [1.54, 1.807) is 6.20 Å². The summed E-state index contributed by atoms with van der Waals surface area (Å²) in [5.41, 5.74) is 5.13. The Kier molecular flexibility index (Phi) is 4.97. The highest BCUT2D eigenvalue weighted by molar-refractivity contribution is 5.75. The molecule has 0 aliphatic heterocycles. The van der Waals surface area contributed by atoms with Gasteiger partial charge in [-0.25, -0.2) is 4.68 Å². The van der Waals surface area contributed by atoms with Crippen LogP contribution in [0.3, 0.4) is 0 Å². The van der Waals surface area contributed by atoms with Crippen LogP contribution in [-0.4, -0.2) is 25.5 Å². The Balaban J connectivity index is 1.62. The van der Waals surface area contributed by atoms with Gasteiger partial charge in [-0.05, 0) is 39.0 Å². The van der Waals surface area contributed by atoms with Crippen molar-refractivity contribution in [2.45, 2.75) is 40.3 Å². The van der Waals surface area contributed by atoms with Crippen molar-refractivity contribution in [3.8, 4) is 5.69 Å². The molecule has 3 rings (SSSR count). The molecule has 25 heavy (non-hydrogen) atoms. The van der Waals surface area contributed by atoms with Crippen molar-refractivity contribution >= 4 is 5.91 Å². The Morgan fingerprint density at radius 1 is 1.12 bits per heavy atom. The van der Waals surface area contributed by atoms with E-state index in [-0.39, 0.29) is 5.91 Å². The van der Waals surface area contributed by atoms with Crippen LogP contribution in [0.4, 0.5) is 0 Å². The second kappa shape index (κ2) is 7.34. The highest BCUT2D eigenvalue weighted by Crippen LogP contribution is 2.17. The molecule has 0 saturated carbocycles. The van der Waals surface area contributed by atoms with Crippen molar-refractivity contribution in [2.24, 2.45) is 0 Å². The molecule has 0 bridgehead atoms. The van der Waals surface area contributed by atoms with Crippen molar-refractivity contribution in [2.75, 3.05) is 0 Å². The highest BCUT2D eigenvalue weighted by atomic mass is 16.1. The lowest BCUT2D eigenvalue weighted by atomic mass is 10.2. The first-order valence-corrected chi connectivity index (χ1v) is 8.42. The largest absolute Gasteiger partial charge is 0.352 e. The summed E-state index contributed by atoms with van der Waals surface area (Å²) in [4.78, 5) is 12.1. The van der Waals surface area contributed by atoms with Gasteiger partial charge in [0.1, 0.15) is 0 Å². The van der Waals surface area contributed by atoms with Crippen LogP contribution >= 0.6 is 0 Å². The van der Waals surface area contributed by atoms with Gasteiger partial charge < -0.3 is 5.32 Å². The molecule has 3 aromatic rings. The minimum Gasteiger partial charge on any atom is -0.352 e. The van der Waals surface area contributed by atoms with Crippen molar-refractivity contribution in [1.82, 2.24) is 24.9 Å². The molecule has 6 nitrogen and oxygen atoms in total. The van der Waals surface area contributed by atoms with E-state index < -0.39 is 0 Å². The number of aryl methyl sites for hydroxylation is 3. The van der Waals surface area contributed by atoms with Crippen LogP contribution in [0.15, 0.2) is 42.6 Å². The average molecular weight is 337 g/mol. The van der Waals surface area contributed by atoms with Crippen LogP contribution in [0.25, 0.3) is 5.69 Å². The third-order valence-corrected chi connectivity index (χ3v) is 4.38. The minimum atomic E-state index is 0.0150. The van der Waals surface area contributed by atoms with E-state index in [0.29, 0.717) is 19.5 Å². The molecule has 1 N–H and O–H groups in total. The minimum absolute atomic E-state index is 0.0150. The summed E-state index contributed by atoms with van der Waals surface area (Å²) >= 11 is 0. The van der Waals surface area contributed by atoms with Gasteiger partial charge in [-0.3, -0.25) is 9.48 Å². The Morgan fingerprint density at radius 2 is 1.88 bits per heavy atom. The Bertz CT molecular complexity index is 863. The zero-order valence-electron chi connectivity index (χ0n) is 14.9. The van der Waals surface area contributed by atoms with Crippen molar-refractivity contribution < 1.29 is 4.79 Å². The normalized spacial score (nSPS) is 10.8. The third-order valence-electron chi connectivity index (χ3n) is 4.38. The Labute approximate surface area is 147 Å². The van der Waals surface area contributed by atoms with E-state index in [1.807, 2.05) is 66.5 Å². The van der Waals surface area contributed by atoms with Crippen LogP contribution in [0.2, 0.25) is 0 Å². The Morgan fingerprint density at radius 3 is 2.56 bits per heavy atom. The lowest BCUT2D eigenvalue weighted by molar-refractivity contribution is -0.121. The van der Waals surface area contributed by atoms with Crippen LogP contribution in [0, 0.1) is 20.8 Å². The van der Waals surface area contributed by atoms with Crippen LogP contribution in [0.1, 0.15) is 29.1 Å².